The summed E-state index contributed by atoms with van der Waals surface area (Å²) in [5, 5.41) is 0. The number of halogens is 1. The Kier molecular flexibility index (Phi) is 5.57. The molecule has 0 amide bonds. The molecule has 88 valence electrons. The maximum Gasteiger partial charge on any atom is 0.123 e. The van der Waals surface area contributed by atoms with Crippen LogP contribution in [0.4, 0.5) is 4.39 Å². The number of allylic oxidation sites excluding steroid dienone is 1. The second kappa shape index (κ2) is 7.01. The zero-order valence-electron chi connectivity index (χ0n) is 9.58. The molecule has 3 heteroatoms. The standard InChI is InChI=1S/C13H18FNO/c1-2-3-4-13(15)10-16-9-11-5-7-12(14)8-6-11/h4-8H,2-3,9-10,15H2,1H3/b13-4-. The average molecular weight is 223 g/mol. The van der Waals surface area contributed by atoms with Gasteiger partial charge in [-0.3, -0.25) is 0 Å². The number of ether oxygens (including phenoxy) is 1. The fourth-order valence-corrected chi connectivity index (χ4v) is 1.26. The van der Waals surface area contributed by atoms with Gasteiger partial charge in [-0.05, 0) is 24.1 Å². The highest BCUT2D eigenvalue weighted by atomic mass is 19.1. The van der Waals surface area contributed by atoms with Crippen LogP contribution in [0, 0.1) is 5.82 Å². The van der Waals surface area contributed by atoms with Gasteiger partial charge < -0.3 is 10.5 Å². The lowest BCUT2D eigenvalue weighted by molar-refractivity contribution is 0.141. The van der Waals surface area contributed by atoms with Crippen molar-refractivity contribution in [1.82, 2.24) is 0 Å². The van der Waals surface area contributed by atoms with Crippen molar-refractivity contribution < 1.29 is 9.13 Å². The molecule has 0 heterocycles. The molecule has 0 aliphatic carbocycles. The van der Waals surface area contributed by atoms with Crippen LogP contribution in [0.15, 0.2) is 36.0 Å². The molecule has 0 spiro atoms. The topological polar surface area (TPSA) is 35.2 Å². The lowest BCUT2D eigenvalue weighted by atomic mass is 10.2. The van der Waals surface area contributed by atoms with Crippen molar-refractivity contribution >= 4 is 0 Å². The number of unbranched alkanes of at least 4 members (excludes halogenated alkanes) is 1. The predicted octanol–water partition coefficient (Wildman–Crippen LogP) is 2.99. The van der Waals surface area contributed by atoms with Crippen LogP contribution >= 0.6 is 0 Å². The summed E-state index contributed by atoms with van der Waals surface area (Å²) in [6, 6.07) is 6.27. The molecule has 0 unspecified atom stereocenters. The SMILES string of the molecule is CCC/C=C(\N)COCc1ccc(F)cc1. The molecule has 2 N–H and O–H groups in total. The minimum absolute atomic E-state index is 0.230. The van der Waals surface area contributed by atoms with Gasteiger partial charge in [-0.15, -0.1) is 0 Å². The van der Waals surface area contributed by atoms with E-state index in [1.807, 2.05) is 6.08 Å². The monoisotopic (exact) mass is 223 g/mol. The Bertz CT molecular complexity index is 332. The number of rotatable bonds is 6. The summed E-state index contributed by atoms with van der Waals surface area (Å²) in [6.45, 7) is 2.99. The van der Waals surface area contributed by atoms with Gasteiger partial charge in [0.1, 0.15) is 5.82 Å². The maximum absolute atomic E-state index is 12.6. The van der Waals surface area contributed by atoms with Gasteiger partial charge in [0.25, 0.3) is 0 Å². The third-order valence-electron chi connectivity index (χ3n) is 2.15. The fraction of sp³-hybridized carbons (Fsp3) is 0.385. The van der Waals surface area contributed by atoms with Crippen molar-refractivity contribution in [3.63, 3.8) is 0 Å². The molecular formula is C13H18FNO. The van der Waals surface area contributed by atoms with E-state index in [0.717, 1.165) is 24.1 Å². The van der Waals surface area contributed by atoms with Crippen LogP contribution in [0.25, 0.3) is 0 Å². The van der Waals surface area contributed by atoms with Crippen LogP contribution in [0.3, 0.4) is 0 Å². The largest absolute Gasteiger partial charge is 0.400 e. The van der Waals surface area contributed by atoms with Crippen LogP contribution in [-0.2, 0) is 11.3 Å². The van der Waals surface area contributed by atoms with Crippen LogP contribution in [-0.4, -0.2) is 6.61 Å². The van der Waals surface area contributed by atoms with Crippen molar-refractivity contribution in [3.05, 3.63) is 47.4 Å². The van der Waals surface area contributed by atoms with Crippen molar-refractivity contribution in [1.29, 1.82) is 0 Å². The normalized spacial score (nSPS) is 11.8. The van der Waals surface area contributed by atoms with E-state index in [0.29, 0.717) is 13.2 Å². The molecule has 16 heavy (non-hydrogen) atoms. The minimum Gasteiger partial charge on any atom is -0.400 e. The first kappa shape index (κ1) is 12.7. The summed E-state index contributed by atoms with van der Waals surface area (Å²) >= 11 is 0. The van der Waals surface area contributed by atoms with Gasteiger partial charge in [-0.2, -0.15) is 0 Å². The molecule has 1 rings (SSSR count). The maximum atomic E-state index is 12.6. The molecule has 0 atom stereocenters. The highest BCUT2D eigenvalue weighted by molar-refractivity contribution is 5.15. The Labute approximate surface area is 95.9 Å². The first-order valence-electron chi connectivity index (χ1n) is 5.49. The summed E-state index contributed by atoms with van der Waals surface area (Å²) in [5.41, 5.74) is 7.43. The lowest BCUT2D eigenvalue weighted by Gasteiger charge is -2.04. The van der Waals surface area contributed by atoms with E-state index < -0.39 is 0 Å². The summed E-state index contributed by atoms with van der Waals surface area (Å²) in [7, 11) is 0. The second-order valence-electron chi connectivity index (χ2n) is 3.69. The van der Waals surface area contributed by atoms with Gasteiger partial charge in [0.15, 0.2) is 0 Å². The van der Waals surface area contributed by atoms with Gasteiger partial charge in [0.05, 0.1) is 13.2 Å². The van der Waals surface area contributed by atoms with Gasteiger partial charge in [0, 0.05) is 5.70 Å². The summed E-state index contributed by atoms with van der Waals surface area (Å²) < 4.78 is 18.0. The number of nitrogens with two attached hydrogens (primary N) is 1. The van der Waals surface area contributed by atoms with E-state index in [9.17, 15) is 4.39 Å². The third kappa shape index (κ3) is 4.94. The Balaban J connectivity index is 2.27. The van der Waals surface area contributed by atoms with Crippen LogP contribution in [0.5, 0.6) is 0 Å². The van der Waals surface area contributed by atoms with Crippen molar-refractivity contribution in [2.24, 2.45) is 5.73 Å². The molecule has 0 aliphatic heterocycles. The van der Waals surface area contributed by atoms with Gasteiger partial charge in [-0.1, -0.05) is 31.6 Å². The van der Waals surface area contributed by atoms with Gasteiger partial charge in [-0.25, -0.2) is 4.39 Å². The highest BCUT2D eigenvalue weighted by Gasteiger charge is 1.95. The van der Waals surface area contributed by atoms with E-state index in [1.54, 1.807) is 12.1 Å². The Morgan fingerprint density at radius 3 is 2.69 bits per heavy atom. The van der Waals surface area contributed by atoms with E-state index in [-0.39, 0.29) is 5.82 Å². The van der Waals surface area contributed by atoms with Gasteiger partial charge >= 0.3 is 0 Å². The predicted molar refractivity (Wildman–Crippen MR) is 63.2 cm³/mol. The number of hydrogen-bond acceptors (Lipinski definition) is 2. The molecule has 1 aromatic rings. The Morgan fingerprint density at radius 1 is 1.38 bits per heavy atom. The molecule has 0 aromatic heterocycles. The molecule has 0 bridgehead atoms. The summed E-state index contributed by atoms with van der Waals surface area (Å²) in [5.74, 6) is -0.230. The van der Waals surface area contributed by atoms with E-state index in [1.165, 1.54) is 12.1 Å². The van der Waals surface area contributed by atoms with Crippen LogP contribution < -0.4 is 5.73 Å². The molecule has 0 fully saturated rings. The first-order chi connectivity index (χ1) is 7.72. The minimum atomic E-state index is -0.230. The van der Waals surface area contributed by atoms with Crippen LogP contribution in [0.2, 0.25) is 0 Å². The molecule has 1 aromatic carbocycles. The van der Waals surface area contributed by atoms with E-state index in [2.05, 4.69) is 6.92 Å². The Hall–Kier alpha value is -1.35. The number of hydrogen-bond donors (Lipinski definition) is 1. The molecule has 2 nitrogen and oxygen atoms in total. The molecule has 0 saturated heterocycles. The first-order valence-corrected chi connectivity index (χ1v) is 5.49. The molecule has 0 aliphatic rings. The number of benzene rings is 1. The van der Waals surface area contributed by atoms with Gasteiger partial charge in [0.2, 0.25) is 0 Å². The van der Waals surface area contributed by atoms with Crippen molar-refractivity contribution in [2.75, 3.05) is 6.61 Å². The third-order valence-corrected chi connectivity index (χ3v) is 2.15. The highest BCUT2D eigenvalue weighted by Crippen LogP contribution is 2.04. The molecular weight excluding hydrogens is 205 g/mol. The molecule has 0 saturated carbocycles. The molecule has 0 radical (unpaired) electrons. The van der Waals surface area contributed by atoms with Crippen molar-refractivity contribution in [2.45, 2.75) is 26.4 Å². The quantitative estimate of drug-likeness (QED) is 0.804. The fourth-order valence-electron chi connectivity index (χ4n) is 1.26. The van der Waals surface area contributed by atoms with E-state index in [4.69, 9.17) is 10.5 Å². The zero-order chi connectivity index (χ0) is 11.8. The second-order valence-corrected chi connectivity index (χ2v) is 3.69. The average Bonchev–Trinajstić information content (AvgIpc) is 2.29. The summed E-state index contributed by atoms with van der Waals surface area (Å²) in [6.07, 6.45) is 4.04. The van der Waals surface area contributed by atoms with Crippen LogP contribution in [0.1, 0.15) is 25.3 Å². The van der Waals surface area contributed by atoms with E-state index >= 15 is 0 Å². The zero-order valence-corrected chi connectivity index (χ0v) is 9.58. The Morgan fingerprint density at radius 2 is 2.06 bits per heavy atom. The lowest BCUT2D eigenvalue weighted by Crippen LogP contribution is -2.06. The smallest absolute Gasteiger partial charge is 0.123 e. The summed E-state index contributed by atoms with van der Waals surface area (Å²) in [4.78, 5) is 0. The van der Waals surface area contributed by atoms with Crippen molar-refractivity contribution in [3.8, 4) is 0 Å².